The minimum atomic E-state index is -1.71. The average molecular weight is 511 g/mol. The maximum absolute atomic E-state index is 12.8. The summed E-state index contributed by atoms with van der Waals surface area (Å²) in [7, 11) is 0. The molecule has 0 saturated heterocycles. The third-order valence-corrected chi connectivity index (χ3v) is 4.85. The van der Waals surface area contributed by atoms with E-state index in [1.54, 1.807) is 0 Å². The van der Waals surface area contributed by atoms with Crippen LogP contribution < -0.4 is 27.4 Å². The van der Waals surface area contributed by atoms with Gasteiger partial charge in [-0.3, -0.25) is 24.0 Å². The van der Waals surface area contributed by atoms with Crippen molar-refractivity contribution >= 4 is 35.6 Å². The number of carbonyl (C=O) groups excluding carboxylic acids is 4. The number of carbonyl (C=O) groups is 6. The summed E-state index contributed by atoms with van der Waals surface area (Å²) in [6.07, 6.45) is -1.67. The van der Waals surface area contributed by atoms with E-state index in [1.165, 1.54) is 24.3 Å². The number of hydrogen-bond acceptors (Lipinski definition) is 9. The van der Waals surface area contributed by atoms with Crippen LogP contribution in [0.1, 0.15) is 24.8 Å². The topological polar surface area (TPSA) is 271 Å². The molecule has 4 unspecified atom stereocenters. The van der Waals surface area contributed by atoms with Crippen LogP contribution in [0.25, 0.3) is 0 Å². The Kier molecular flexibility index (Phi) is 11.8. The highest BCUT2D eigenvalue weighted by Crippen LogP contribution is 2.11. The molecule has 0 spiro atoms. The average Bonchev–Trinajstić information content (AvgIpc) is 2.80. The first-order chi connectivity index (χ1) is 16.8. The number of carboxylic acids is 2. The molecule has 1 aromatic rings. The SMILES string of the molecule is NC(=O)CCC(NC(=O)C(CC(=O)O)NC(=O)C(N)Cc1ccc(O)cc1)C(=O)NC(CO)C(=O)O. The Labute approximate surface area is 204 Å². The Morgan fingerprint density at radius 1 is 0.833 bits per heavy atom. The fourth-order valence-electron chi connectivity index (χ4n) is 2.93. The van der Waals surface area contributed by atoms with E-state index in [0.717, 1.165) is 0 Å². The number of rotatable bonds is 15. The van der Waals surface area contributed by atoms with Gasteiger partial charge in [-0.05, 0) is 30.5 Å². The third kappa shape index (κ3) is 10.4. The van der Waals surface area contributed by atoms with E-state index < -0.39 is 79.2 Å². The molecule has 0 fully saturated rings. The first kappa shape index (κ1) is 29.8. The number of aromatic hydroxyl groups is 1. The molecule has 198 valence electrons. The van der Waals surface area contributed by atoms with Crippen molar-refractivity contribution in [2.24, 2.45) is 11.5 Å². The lowest BCUT2D eigenvalue weighted by molar-refractivity contribution is -0.144. The molecule has 0 aromatic heterocycles. The Bertz CT molecular complexity index is 968. The second-order valence-corrected chi connectivity index (χ2v) is 7.78. The van der Waals surface area contributed by atoms with Gasteiger partial charge in [0, 0.05) is 6.42 Å². The highest BCUT2D eigenvalue weighted by molar-refractivity contribution is 5.95. The summed E-state index contributed by atoms with van der Waals surface area (Å²) in [5.74, 6) is -6.96. The van der Waals surface area contributed by atoms with Crippen molar-refractivity contribution in [3.63, 3.8) is 0 Å². The number of aliphatic carboxylic acids is 2. The van der Waals surface area contributed by atoms with Crippen molar-refractivity contribution < 1.29 is 49.2 Å². The van der Waals surface area contributed by atoms with Gasteiger partial charge in [0.05, 0.1) is 19.1 Å². The van der Waals surface area contributed by atoms with Gasteiger partial charge < -0.3 is 47.8 Å². The molecule has 0 aliphatic carbocycles. The number of aliphatic hydroxyl groups is 1. The summed E-state index contributed by atoms with van der Waals surface area (Å²) in [5, 5.41) is 42.9. The summed E-state index contributed by atoms with van der Waals surface area (Å²) in [5.41, 5.74) is 11.5. The molecular formula is C21H29N5O10. The van der Waals surface area contributed by atoms with Gasteiger partial charge in [-0.15, -0.1) is 0 Å². The highest BCUT2D eigenvalue weighted by Gasteiger charge is 2.31. The molecule has 11 N–H and O–H groups in total. The number of primary amides is 1. The largest absolute Gasteiger partial charge is 0.508 e. The third-order valence-electron chi connectivity index (χ3n) is 4.85. The van der Waals surface area contributed by atoms with Crippen LogP contribution in [0, 0.1) is 0 Å². The van der Waals surface area contributed by atoms with Gasteiger partial charge in [-0.25, -0.2) is 4.79 Å². The van der Waals surface area contributed by atoms with Crippen LogP contribution in [-0.4, -0.2) is 86.8 Å². The number of phenolic OH excluding ortho intramolecular Hbond substituents is 1. The number of aliphatic hydroxyl groups excluding tert-OH is 1. The molecule has 15 nitrogen and oxygen atoms in total. The van der Waals surface area contributed by atoms with Gasteiger partial charge in [0.15, 0.2) is 0 Å². The zero-order valence-electron chi connectivity index (χ0n) is 19.0. The minimum absolute atomic E-state index is 0.00134. The number of hydrogen-bond donors (Lipinski definition) is 9. The van der Waals surface area contributed by atoms with Crippen LogP contribution in [0.5, 0.6) is 5.75 Å². The molecule has 4 amide bonds. The Hall–Kier alpha value is -4.24. The molecule has 0 aliphatic heterocycles. The number of phenols is 1. The van der Waals surface area contributed by atoms with E-state index in [9.17, 15) is 33.9 Å². The molecule has 36 heavy (non-hydrogen) atoms. The summed E-state index contributed by atoms with van der Waals surface area (Å²) >= 11 is 0. The molecule has 15 heteroatoms. The first-order valence-electron chi connectivity index (χ1n) is 10.6. The molecule has 0 saturated carbocycles. The Morgan fingerprint density at radius 3 is 1.86 bits per heavy atom. The smallest absolute Gasteiger partial charge is 0.328 e. The van der Waals surface area contributed by atoms with Crippen molar-refractivity contribution in [3.05, 3.63) is 29.8 Å². The van der Waals surface area contributed by atoms with E-state index >= 15 is 0 Å². The van der Waals surface area contributed by atoms with Gasteiger partial charge in [0.2, 0.25) is 23.6 Å². The van der Waals surface area contributed by atoms with E-state index in [-0.39, 0.29) is 18.6 Å². The van der Waals surface area contributed by atoms with E-state index in [2.05, 4.69) is 10.6 Å². The highest BCUT2D eigenvalue weighted by atomic mass is 16.4. The maximum Gasteiger partial charge on any atom is 0.328 e. The number of amides is 4. The van der Waals surface area contributed by atoms with Crippen LogP contribution >= 0.6 is 0 Å². The lowest BCUT2D eigenvalue weighted by Gasteiger charge is -2.24. The van der Waals surface area contributed by atoms with E-state index in [0.29, 0.717) is 5.56 Å². The summed E-state index contributed by atoms with van der Waals surface area (Å²) in [6.45, 7) is -0.964. The number of nitrogens with one attached hydrogen (secondary N) is 3. The summed E-state index contributed by atoms with van der Waals surface area (Å²) in [4.78, 5) is 71.2. The molecule has 0 heterocycles. The zero-order chi connectivity index (χ0) is 27.4. The summed E-state index contributed by atoms with van der Waals surface area (Å²) < 4.78 is 0. The number of benzene rings is 1. The molecular weight excluding hydrogens is 482 g/mol. The Balaban J connectivity index is 2.97. The molecule has 4 atom stereocenters. The molecule has 0 radical (unpaired) electrons. The quantitative estimate of drug-likeness (QED) is 0.112. The van der Waals surface area contributed by atoms with E-state index in [1.807, 2.05) is 5.32 Å². The van der Waals surface area contributed by atoms with Crippen molar-refractivity contribution in [2.45, 2.75) is 49.9 Å². The zero-order valence-corrected chi connectivity index (χ0v) is 19.0. The predicted molar refractivity (Wildman–Crippen MR) is 121 cm³/mol. The van der Waals surface area contributed by atoms with Crippen LogP contribution in [0.3, 0.4) is 0 Å². The van der Waals surface area contributed by atoms with Crippen LogP contribution in [0.15, 0.2) is 24.3 Å². The van der Waals surface area contributed by atoms with Gasteiger partial charge in [-0.1, -0.05) is 12.1 Å². The van der Waals surface area contributed by atoms with Crippen molar-refractivity contribution in [1.29, 1.82) is 0 Å². The van der Waals surface area contributed by atoms with Gasteiger partial charge in [0.1, 0.15) is 23.9 Å². The fraction of sp³-hybridized carbons (Fsp3) is 0.429. The lowest BCUT2D eigenvalue weighted by atomic mass is 10.0. The molecule has 1 aromatic carbocycles. The molecule has 1 rings (SSSR count). The minimum Gasteiger partial charge on any atom is -0.508 e. The fourth-order valence-corrected chi connectivity index (χ4v) is 2.93. The second-order valence-electron chi connectivity index (χ2n) is 7.78. The lowest BCUT2D eigenvalue weighted by Crippen LogP contribution is -2.58. The normalized spacial score (nSPS) is 13.9. The first-order valence-corrected chi connectivity index (χ1v) is 10.6. The number of carboxylic acid groups (broad SMARTS) is 2. The van der Waals surface area contributed by atoms with Gasteiger partial charge in [-0.2, -0.15) is 0 Å². The van der Waals surface area contributed by atoms with Crippen LogP contribution in [0.4, 0.5) is 0 Å². The Morgan fingerprint density at radius 2 is 1.36 bits per heavy atom. The standard InChI is InChI=1S/C21H29N5O10/c22-12(7-10-1-3-11(28)4-2-10)18(32)25-14(8-17(30)31)20(34)24-13(5-6-16(23)29)19(33)26-15(9-27)21(35)36/h1-4,12-15,27-28H,5-9,22H2,(H2,23,29)(H,24,34)(H,25,32)(H,26,33)(H,30,31)(H,35,36). The number of nitrogens with two attached hydrogens (primary N) is 2. The van der Waals surface area contributed by atoms with Crippen molar-refractivity contribution in [1.82, 2.24) is 16.0 Å². The predicted octanol–water partition coefficient (Wildman–Crippen LogP) is -3.47. The van der Waals surface area contributed by atoms with Crippen LogP contribution in [0.2, 0.25) is 0 Å². The van der Waals surface area contributed by atoms with Gasteiger partial charge in [0.25, 0.3) is 0 Å². The van der Waals surface area contributed by atoms with Crippen LogP contribution in [-0.2, 0) is 35.2 Å². The summed E-state index contributed by atoms with van der Waals surface area (Å²) in [6, 6.07) is -0.347. The van der Waals surface area contributed by atoms with Crippen molar-refractivity contribution in [3.8, 4) is 5.75 Å². The van der Waals surface area contributed by atoms with Crippen molar-refractivity contribution in [2.75, 3.05) is 6.61 Å². The maximum atomic E-state index is 12.8. The van der Waals surface area contributed by atoms with Gasteiger partial charge >= 0.3 is 11.9 Å². The molecule has 0 aliphatic rings. The second kappa shape index (κ2) is 14.2. The molecule has 0 bridgehead atoms. The van der Waals surface area contributed by atoms with E-state index in [4.69, 9.17) is 26.8 Å². The monoisotopic (exact) mass is 511 g/mol.